The topological polar surface area (TPSA) is 57.4 Å². The number of rotatable bonds is 5. The highest BCUT2D eigenvalue weighted by Crippen LogP contribution is 2.21. The summed E-state index contributed by atoms with van der Waals surface area (Å²) >= 11 is 0. The maximum absolute atomic E-state index is 11.9. The van der Waals surface area contributed by atoms with Crippen molar-refractivity contribution < 1.29 is 35.7 Å². The first kappa shape index (κ1) is 3.84. The van der Waals surface area contributed by atoms with Crippen LogP contribution in [0.15, 0.2) is 24.3 Å². The molecule has 1 saturated heterocycles. The number of nitrogens with zero attached hydrogens (tertiary/aromatic N) is 1. The van der Waals surface area contributed by atoms with Gasteiger partial charge in [0.2, 0.25) is 0 Å². The van der Waals surface area contributed by atoms with Gasteiger partial charge in [-0.3, -0.25) is 0 Å². The Morgan fingerprint density at radius 1 is 1.71 bits per heavy atom. The second-order valence-electron chi connectivity index (χ2n) is 3.90. The summed E-state index contributed by atoms with van der Waals surface area (Å²) in [6.07, 6.45) is -7.71. The van der Waals surface area contributed by atoms with E-state index in [4.69, 9.17) is 26.1 Å². The van der Waals surface area contributed by atoms with Gasteiger partial charge < -0.3 is 19.9 Å². The lowest BCUT2D eigenvalue weighted by Crippen LogP contribution is -2.28. The highest BCUT2D eigenvalue weighted by molar-refractivity contribution is 5.84. The van der Waals surface area contributed by atoms with Crippen LogP contribution >= 0.6 is 0 Å². The van der Waals surface area contributed by atoms with E-state index in [1.54, 1.807) is 0 Å². The minimum absolute atomic E-state index is 0.169. The van der Waals surface area contributed by atoms with E-state index < -0.39 is 108 Å². The van der Waals surface area contributed by atoms with E-state index >= 15 is 0 Å². The number of hydrogen-bond donors (Lipinski definition) is 2. The lowest BCUT2D eigenvalue weighted by molar-refractivity contribution is 0.177. The van der Waals surface area contributed by atoms with Crippen molar-refractivity contribution in [3.8, 4) is 0 Å². The lowest BCUT2D eigenvalue weighted by Gasteiger charge is -2.09. The molecule has 112 valence electrons. The molecule has 1 aliphatic heterocycles. The predicted octanol–water partition coefficient (Wildman–Crippen LogP) is 1.92. The van der Waals surface area contributed by atoms with Crippen LogP contribution in [0.1, 0.15) is 34.4 Å². The molecule has 1 atom stereocenters. The maximum atomic E-state index is 11.9. The van der Waals surface area contributed by atoms with Gasteiger partial charge in [0.25, 0.3) is 0 Å². The average molecular weight is 306 g/mol. The largest absolute Gasteiger partial charge is 0.447 e. The van der Waals surface area contributed by atoms with Gasteiger partial charge in [-0.05, 0) is 50.0 Å². The Hall–Kier alpha value is -2.01. The zero-order valence-corrected chi connectivity index (χ0v) is 10.4. The number of carbonyl (C=O) groups is 1. The van der Waals surface area contributed by atoms with Gasteiger partial charge in [0, 0.05) is 37.3 Å². The normalized spacial score (nSPS) is 40.3. The number of ether oxygens (including phenoxy) is 1. The third-order valence-electron chi connectivity index (χ3n) is 2.49. The molecule has 0 aliphatic carbocycles. The van der Waals surface area contributed by atoms with Gasteiger partial charge in [0.1, 0.15) is 6.56 Å². The smallest absolute Gasteiger partial charge is 0.407 e. The standard InChI is InChI=1S/C16H21N3O2/c1-19(2)6-5-12-9-17-15-4-3-11(8-14(12)15)7-13-10-21-16(20)18-13/h3-4,8-9,13,17H,5-7,10H2,1-2H3,(H,18,20)/t13-/m0/s1/i1D3,2D3,3D,4D,6D2,7D2,8D,9D,10D2,13D/hD2. The number of amides is 1. The molecule has 1 aliphatic rings. The molecular weight excluding hydrogens is 266 g/mol. The summed E-state index contributed by atoms with van der Waals surface area (Å²) in [6.45, 7) is -14.0. The van der Waals surface area contributed by atoms with E-state index in [-0.39, 0.29) is 4.98 Å². The number of hydrogen-bond acceptors (Lipinski definition) is 3. The third-order valence-corrected chi connectivity index (χ3v) is 2.49. The minimum Gasteiger partial charge on any atom is -0.447 e. The van der Waals surface area contributed by atoms with E-state index in [2.05, 4.69) is 4.74 Å². The van der Waals surface area contributed by atoms with Gasteiger partial charge in [-0.1, -0.05) is 6.04 Å². The Labute approximate surface area is 151 Å². The van der Waals surface area contributed by atoms with Crippen LogP contribution in [0, 0.1) is 0 Å². The van der Waals surface area contributed by atoms with E-state index in [0.717, 1.165) is 0 Å². The summed E-state index contributed by atoms with van der Waals surface area (Å²) in [6, 6.07) is -7.01. The summed E-state index contributed by atoms with van der Waals surface area (Å²) < 4.78 is 157. The number of H-pyrrole nitrogens is 1. The van der Waals surface area contributed by atoms with Crippen LogP contribution in [0.4, 0.5) is 4.79 Å². The summed E-state index contributed by atoms with van der Waals surface area (Å²) in [4.78, 5) is 11.6. The minimum atomic E-state index is -3.67. The van der Waals surface area contributed by atoms with Gasteiger partial charge in [-0.15, -0.1) is 0 Å². The highest BCUT2D eigenvalue weighted by Gasteiger charge is 2.22. The number of aryl methyl sites for hydroxylation is 1. The van der Waals surface area contributed by atoms with Crippen molar-refractivity contribution in [1.82, 2.24) is 15.2 Å². The van der Waals surface area contributed by atoms with Gasteiger partial charge >= 0.3 is 6.09 Å². The number of benzene rings is 1. The SMILES string of the molecule is [2H]c1c(C([2H])([2H])[C@]2([2H])N([2H])C(=O)OC2([2H])[2H])c([2H])c2c(CC([2H])([2H])N(C([2H])([2H])[2H])C([2H])([2H])[2H])c([2H])n([2H])c2c1[2H]. The van der Waals surface area contributed by atoms with Gasteiger partial charge in [0.05, 0.1) is 15.6 Å². The van der Waals surface area contributed by atoms with E-state index in [1.807, 2.05) is 0 Å². The molecule has 3 rings (SSSR count). The van der Waals surface area contributed by atoms with Crippen molar-refractivity contribution in [3.05, 3.63) is 35.4 Å². The molecule has 1 fully saturated rings. The van der Waals surface area contributed by atoms with E-state index in [9.17, 15) is 4.79 Å². The van der Waals surface area contributed by atoms with Crippen LogP contribution in [0.3, 0.4) is 0 Å². The zero-order chi connectivity index (χ0) is 31.3. The molecule has 1 aromatic heterocycles. The maximum Gasteiger partial charge on any atom is 0.407 e. The second-order valence-corrected chi connectivity index (χ2v) is 3.90. The summed E-state index contributed by atoms with van der Waals surface area (Å²) in [5.41, 5.74) is -2.70. The van der Waals surface area contributed by atoms with Crippen molar-refractivity contribution in [3.63, 3.8) is 0 Å². The van der Waals surface area contributed by atoms with E-state index in [0.29, 0.717) is 0 Å². The molecular formula is C16H21N3O2. The Bertz CT molecular complexity index is 1360. The molecule has 2 aromatic rings. The van der Waals surface area contributed by atoms with Crippen molar-refractivity contribution in [2.45, 2.75) is 18.8 Å². The molecule has 2 heterocycles. The molecule has 0 saturated carbocycles. The first-order valence-corrected chi connectivity index (χ1v) is 5.63. The molecule has 1 aromatic carbocycles. The first-order valence-electron chi connectivity index (χ1n) is 15.0. The molecule has 5 nitrogen and oxygen atoms in total. The molecule has 0 spiro atoms. The molecule has 0 radical (unpaired) electrons. The van der Waals surface area contributed by atoms with Gasteiger partial charge in [-0.25, -0.2) is 4.79 Å². The van der Waals surface area contributed by atoms with E-state index in [1.165, 1.54) is 0 Å². The molecule has 0 bridgehead atoms. The van der Waals surface area contributed by atoms with Crippen LogP contribution in [-0.2, 0) is 17.5 Å². The number of aromatic nitrogens is 1. The zero-order valence-electron chi connectivity index (χ0n) is 29.4. The Morgan fingerprint density at radius 3 is 3.38 bits per heavy atom. The van der Waals surface area contributed by atoms with Crippen molar-refractivity contribution in [2.24, 2.45) is 0 Å². The van der Waals surface area contributed by atoms with Crippen molar-refractivity contribution in [2.75, 3.05) is 27.0 Å². The number of fused-ring (bicyclic) bond motifs is 1. The number of carbonyl (C=O) groups excluding carboxylic acids is 1. The van der Waals surface area contributed by atoms with Crippen LogP contribution in [0.5, 0.6) is 0 Å². The second kappa shape index (κ2) is 5.77. The number of likely N-dealkylation sites (N-methyl/N-ethyl adjacent to an activating group) is 1. The molecule has 0 unspecified atom stereocenters. The van der Waals surface area contributed by atoms with Crippen molar-refractivity contribution in [1.29, 1.82) is 0 Å². The number of cyclic esters (lactones) is 1. The van der Waals surface area contributed by atoms with Crippen LogP contribution < -0.4 is 5.31 Å². The molecule has 21 heavy (non-hydrogen) atoms. The first-order chi connectivity index (χ1) is 17.7. The lowest BCUT2D eigenvalue weighted by atomic mass is 10.0. The summed E-state index contributed by atoms with van der Waals surface area (Å²) in [5.74, 6) is 0. The molecule has 2 N–H and O–H groups in total. The highest BCUT2D eigenvalue weighted by atomic mass is 16.6. The number of alkyl carbamates (subject to hydrolysis) is 1. The Morgan fingerprint density at radius 2 is 2.62 bits per heavy atom. The predicted molar refractivity (Wildman–Crippen MR) is 82.5 cm³/mol. The average Bonchev–Trinajstić information content (AvgIpc) is 3.06. The van der Waals surface area contributed by atoms with Crippen LogP contribution in [-0.4, -0.2) is 49.0 Å². The van der Waals surface area contributed by atoms with Crippen molar-refractivity contribution >= 4 is 17.0 Å². The molecule has 1 amide bonds. The van der Waals surface area contributed by atoms with Crippen LogP contribution in [0.25, 0.3) is 10.9 Å². The summed E-state index contributed by atoms with van der Waals surface area (Å²) in [7, 11) is 0. The number of nitrogens with one attached hydrogen (secondary N) is 2. The fourth-order valence-electron chi connectivity index (χ4n) is 1.63. The van der Waals surface area contributed by atoms with Crippen LogP contribution in [0.2, 0.25) is 2.82 Å². The van der Waals surface area contributed by atoms with Gasteiger partial charge in [-0.2, -0.15) is 0 Å². The molecule has 5 heteroatoms. The quantitative estimate of drug-likeness (QED) is 0.887. The Balaban J connectivity index is 2.40. The Kier molecular flexibility index (Phi) is 1.06. The fraction of sp³-hybridized carbons (Fsp3) is 0.438. The number of aromatic amines is 1. The fourth-order valence-corrected chi connectivity index (χ4v) is 1.63. The van der Waals surface area contributed by atoms with Gasteiger partial charge in [0.15, 0.2) is 2.82 Å². The summed E-state index contributed by atoms with van der Waals surface area (Å²) in [5, 5.41) is -1.25. The monoisotopic (exact) mass is 306 g/mol. The third kappa shape index (κ3) is 3.19.